The van der Waals surface area contributed by atoms with Gasteiger partial charge in [0.1, 0.15) is 10.3 Å². The zero-order chi connectivity index (χ0) is 10.6. The van der Waals surface area contributed by atoms with Gasteiger partial charge in [-0.1, -0.05) is 23.2 Å². The highest BCUT2D eigenvalue weighted by atomic mass is 35.5. The van der Waals surface area contributed by atoms with E-state index in [1.54, 1.807) is 12.1 Å². The van der Waals surface area contributed by atoms with Crippen LogP contribution in [0.25, 0.3) is 0 Å². The summed E-state index contributed by atoms with van der Waals surface area (Å²) in [4.78, 5) is 3.80. The molecule has 14 heavy (non-hydrogen) atoms. The fraction of sp³-hybridized carbons (Fsp3) is 0. The second-order valence-electron chi connectivity index (χ2n) is 2.28. The van der Waals surface area contributed by atoms with Gasteiger partial charge < -0.3 is 11.5 Å². The minimum atomic E-state index is -0.126. The molecule has 0 atom stereocenters. The monoisotopic (exact) mass is 231 g/mol. The van der Waals surface area contributed by atoms with E-state index >= 15 is 0 Å². The SMILES string of the molecule is NC(N)=NN=Cc1ccc(Cl)nc1Cl. The molecule has 0 aliphatic heterocycles. The van der Waals surface area contributed by atoms with E-state index in [9.17, 15) is 0 Å². The summed E-state index contributed by atoms with van der Waals surface area (Å²) in [6.07, 6.45) is 1.38. The Morgan fingerprint density at radius 1 is 1.36 bits per heavy atom. The Kier molecular flexibility index (Phi) is 3.67. The molecule has 0 unspecified atom stereocenters. The van der Waals surface area contributed by atoms with Crippen molar-refractivity contribution < 1.29 is 0 Å². The second kappa shape index (κ2) is 4.78. The summed E-state index contributed by atoms with van der Waals surface area (Å²) in [7, 11) is 0. The van der Waals surface area contributed by atoms with Crippen molar-refractivity contribution >= 4 is 35.4 Å². The predicted molar refractivity (Wildman–Crippen MR) is 57.7 cm³/mol. The Morgan fingerprint density at radius 3 is 2.64 bits per heavy atom. The quantitative estimate of drug-likeness (QED) is 0.345. The van der Waals surface area contributed by atoms with Crippen molar-refractivity contribution in [3.8, 4) is 0 Å². The molecule has 0 radical (unpaired) electrons. The molecule has 4 N–H and O–H groups in total. The van der Waals surface area contributed by atoms with Crippen LogP contribution in [0.4, 0.5) is 0 Å². The first-order valence-corrected chi connectivity index (χ1v) is 4.29. The molecule has 0 fully saturated rings. The number of guanidine groups is 1. The van der Waals surface area contributed by atoms with Gasteiger partial charge in [-0.15, -0.1) is 5.10 Å². The van der Waals surface area contributed by atoms with E-state index in [1.165, 1.54) is 6.21 Å². The molecular formula is C7H7Cl2N5. The normalized spacial score (nSPS) is 10.4. The second-order valence-corrected chi connectivity index (χ2v) is 3.03. The minimum absolute atomic E-state index is 0.126. The first-order valence-electron chi connectivity index (χ1n) is 3.53. The average molecular weight is 232 g/mol. The van der Waals surface area contributed by atoms with Crippen molar-refractivity contribution in [3.63, 3.8) is 0 Å². The summed E-state index contributed by atoms with van der Waals surface area (Å²) in [5.41, 5.74) is 10.7. The predicted octanol–water partition coefficient (Wildman–Crippen LogP) is 0.996. The number of nitrogens with two attached hydrogens (primary N) is 2. The summed E-state index contributed by atoms with van der Waals surface area (Å²) in [5, 5.41) is 7.54. The molecule has 5 nitrogen and oxygen atoms in total. The zero-order valence-electron chi connectivity index (χ0n) is 6.98. The van der Waals surface area contributed by atoms with Gasteiger partial charge >= 0.3 is 0 Å². The molecule has 1 aromatic rings. The largest absolute Gasteiger partial charge is 0.369 e. The number of nitrogens with zero attached hydrogens (tertiary/aromatic N) is 3. The lowest BCUT2D eigenvalue weighted by atomic mass is 10.3. The van der Waals surface area contributed by atoms with Crippen LogP contribution in [0.1, 0.15) is 5.56 Å². The van der Waals surface area contributed by atoms with Crippen LogP contribution in [0.5, 0.6) is 0 Å². The third kappa shape index (κ3) is 3.20. The van der Waals surface area contributed by atoms with Crippen molar-refractivity contribution in [2.24, 2.45) is 21.7 Å². The van der Waals surface area contributed by atoms with Gasteiger partial charge in [-0.25, -0.2) is 4.98 Å². The van der Waals surface area contributed by atoms with Crippen LogP contribution >= 0.6 is 23.2 Å². The van der Waals surface area contributed by atoms with Crippen molar-refractivity contribution in [3.05, 3.63) is 28.0 Å². The smallest absolute Gasteiger partial charge is 0.211 e. The molecule has 1 aromatic heterocycles. The van der Waals surface area contributed by atoms with E-state index in [2.05, 4.69) is 15.2 Å². The van der Waals surface area contributed by atoms with Gasteiger partial charge in [0.25, 0.3) is 0 Å². The maximum atomic E-state index is 5.75. The summed E-state index contributed by atoms with van der Waals surface area (Å²) < 4.78 is 0. The number of hydrogen-bond donors (Lipinski definition) is 2. The zero-order valence-corrected chi connectivity index (χ0v) is 8.50. The van der Waals surface area contributed by atoms with E-state index in [1.807, 2.05) is 0 Å². The Bertz CT molecular complexity index is 384. The number of pyridine rings is 1. The first-order chi connectivity index (χ1) is 6.59. The fourth-order valence-corrected chi connectivity index (χ4v) is 1.07. The third-order valence-corrected chi connectivity index (χ3v) is 1.73. The molecule has 0 aliphatic rings. The number of aromatic nitrogens is 1. The highest BCUT2D eigenvalue weighted by Gasteiger charge is 1.98. The van der Waals surface area contributed by atoms with Gasteiger partial charge in [0.2, 0.25) is 5.96 Å². The van der Waals surface area contributed by atoms with Crippen LogP contribution < -0.4 is 11.5 Å². The van der Waals surface area contributed by atoms with Gasteiger partial charge in [-0.3, -0.25) is 0 Å². The highest BCUT2D eigenvalue weighted by Crippen LogP contribution is 2.14. The fourth-order valence-electron chi connectivity index (χ4n) is 0.677. The van der Waals surface area contributed by atoms with E-state index in [0.29, 0.717) is 10.7 Å². The lowest BCUT2D eigenvalue weighted by Gasteiger charge is -1.95. The van der Waals surface area contributed by atoms with Crippen molar-refractivity contribution in [1.29, 1.82) is 0 Å². The molecular weight excluding hydrogens is 225 g/mol. The molecule has 1 heterocycles. The number of rotatable bonds is 2. The van der Waals surface area contributed by atoms with E-state index in [4.69, 9.17) is 34.7 Å². The van der Waals surface area contributed by atoms with Crippen molar-refractivity contribution in [2.45, 2.75) is 0 Å². The van der Waals surface area contributed by atoms with Crippen LogP contribution in [0.3, 0.4) is 0 Å². The first kappa shape index (κ1) is 10.7. The third-order valence-electron chi connectivity index (χ3n) is 1.21. The van der Waals surface area contributed by atoms with Crippen LogP contribution in [-0.2, 0) is 0 Å². The van der Waals surface area contributed by atoms with Crippen molar-refractivity contribution in [1.82, 2.24) is 4.98 Å². The molecule has 0 aliphatic carbocycles. The van der Waals surface area contributed by atoms with Crippen LogP contribution in [0.15, 0.2) is 22.3 Å². The maximum absolute atomic E-state index is 5.75. The molecule has 0 amide bonds. The van der Waals surface area contributed by atoms with E-state index < -0.39 is 0 Å². The molecule has 7 heteroatoms. The topological polar surface area (TPSA) is 89.7 Å². The van der Waals surface area contributed by atoms with Crippen LogP contribution in [-0.4, -0.2) is 17.2 Å². The van der Waals surface area contributed by atoms with Gasteiger partial charge in [0.15, 0.2) is 0 Å². The molecule has 0 saturated carbocycles. The summed E-state index contributed by atoms with van der Waals surface area (Å²) in [6, 6.07) is 3.24. The minimum Gasteiger partial charge on any atom is -0.369 e. The van der Waals surface area contributed by atoms with Gasteiger partial charge in [-0.05, 0) is 12.1 Å². The Morgan fingerprint density at radius 2 is 2.07 bits per heavy atom. The molecule has 0 bridgehead atoms. The standard InChI is InChI=1S/C7H7Cl2N5/c8-5-2-1-4(6(9)13-5)3-12-14-7(10)11/h1-3H,(H4,10,11,14). The lowest BCUT2D eigenvalue weighted by Crippen LogP contribution is -2.21. The molecule has 0 spiro atoms. The van der Waals surface area contributed by atoms with Crippen molar-refractivity contribution in [2.75, 3.05) is 0 Å². The number of hydrogen-bond acceptors (Lipinski definition) is 3. The Balaban J connectivity index is 2.87. The average Bonchev–Trinajstić information content (AvgIpc) is 2.08. The molecule has 0 saturated heterocycles. The van der Waals surface area contributed by atoms with E-state index in [-0.39, 0.29) is 11.1 Å². The van der Waals surface area contributed by atoms with E-state index in [0.717, 1.165) is 0 Å². The summed E-state index contributed by atoms with van der Waals surface area (Å²) in [6.45, 7) is 0. The van der Waals surface area contributed by atoms with Gasteiger partial charge in [0.05, 0.1) is 6.21 Å². The Labute approximate surface area is 90.4 Å². The van der Waals surface area contributed by atoms with Crippen LogP contribution in [0.2, 0.25) is 10.3 Å². The summed E-state index contributed by atoms with van der Waals surface area (Å²) >= 11 is 11.3. The van der Waals surface area contributed by atoms with Gasteiger partial charge in [0, 0.05) is 5.56 Å². The van der Waals surface area contributed by atoms with Crippen LogP contribution in [0, 0.1) is 0 Å². The maximum Gasteiger partial charge on any atom is 0.211 e. The lowest BCUT2D eigenvalue weighted by molar-refractivity contribution is 1.21. The highest BCUT2D eigenvalue weighted by molar-refractivity contribution is 6.34. The summed E-state index contributed by atoms with van der Waals surface area (Å²) in [5.74, 6) is -0.126. The molecule has 74 valence electrons. The molecule has 0 aromatic carbocycles. The van der Waals surface area contributed by atoms with Gasteiger partial charge in [-0.2, -0.15) is 5.10 Å². The number of halogens is 2. The Hall–Kier alpha value is -1.33. The molecule has 1 rings (SSSR count).